The lowest BCUT2D eigenvalue weighted by molar-refractivity contribution is 0.0657. The molecule has 2 fully saturated rings. The smallest absolute Gasteiger partial charge is 0.254 e. The van der Waals surface area contributed by atoms with Gasteiger partial charge in [-0.1, -0.05) is 19.3 Å². The Hall–Kier alpha value is -1.76. The second-order valence-electron chi connectivity index (χ2n) is 6.75. The van der Waals surface area contributed by atoms with E-state index in [0.717, 1.165) is 32.1 Å². The van der Waals surface area contributed by atoms with Crippen LogP contribution in [0.3, 0.4) is 0 Å². The van der Waals surface area contributed by atoms with Crippen LogP contribution in [0, 0.1) is 0 Å². The molecule has 1 saturated carbocycles. The Balaban J connectivity index is 1.65. The third kappa shape index (κ3) is 3.47. The lowest BCUT2D eigenvalue weighted by Gasteiger charge is -2.41. The number of carbonyl (C=O) groups excluding carboxylic acids is 1. The third-order valence-corrected chi connectivity index (χ3v) is 7.88. The summed E-state index contributed by atoms with van der Waals surface area (Å²) in [5, 5.41) is -0.635. The van der Waals surface area contributed by atoms with E-state index in [2.05, 4.69) is 0 Å². The molecule has 1 aromatic rings. The molecule has 3 rings (SSSR count). The highest BCUT2D eigenvalue weighted by Gasteiger charge is 2.43. The molecule has 0 N–H and O–H groups in total. The fourth-order valence-corrected chi connectivity index (χ4v) is 5.94. The van der Waals surface area contributed by atoms with Gasteiger partial charge in [-0.2, -0.15) is 0 Å². The van der Waals surface area contributed by atoms with Crippen molar-refractivity contribution in [1.82, 2.24) is 4.90 Å². The summed E-state index contributed by atoms with van der Waals surface area (Å²) in [7, 11) is -0.0824. The van der Waals surface area contributed by atoms with Gasteiger partial charge in [-0.15, -0.1) is 0 Å². The normalized spacial score (nSPS) is 19.4. The Morgan fingerprint density at radius 3 is 2.24 bits per heavy atom. The Bertz CT molecular complexity index is 734. The standard InChI is InChI=1S/C18H25NO5S/c1-23-16-9-8-13(10-17(16)24-2)18(20)19-11-15(12-19)25(21,22)14-6-4-3-5-7-14/h8-10,14-15H,3-7,11-12H2,1-2H3. The summed E-state index contributed by atoms with van der Waals surface area (Å²) in [5.41, 5.74) is 0.478. The van der Waals surface area contributed by atoms with E-state index < -0.39 is 15.1 Å². The van der Waals surface area contributed by atoms with E-state index in [9.17, 15) is 13.2 Å². The maximum absolute atomic E-state index is 12.7. The van der Waals surface area contributed by atoms with Gasteiger partial charge in [0.2, 0.25) is 0 Å². The van der Waals surface area contributed by atoms with Crippen LogP contribution < -0.4 is 9.47 Å². The van der Waals surface area contributed by atoms with Crippen LogP contribution in [0.4, 0.5) is 0 Å². The van der Waals surface area contributed by atoms with Gasteiger partial charge in [-0.3, -0.25) is 4.79 Å². The van der Waals surface area contributed by atoms with Crippen LogP contribution >= 0.6 is 0 Å². The van der Waals surface area contributed by atoms with E-state index in [-0.39, 0.29) is 24.2 Å². The molecule has 0 aromatic heterocycles. The van der Waals surface area contributed by atoms with Crippen LogP contribution in [0.1, 0.15) is 42.5 Å². The average molecular weight is 367 g/mol. The van der Waals surface area contributed by atoms with Crippen molar-refractivity contribution in [3.8, 4) is 11.5 Å². The maximum Gasteiger partial charge on any atom is 0.254 e. The van der Waals surface area contributed by atoms with E-state index in [1.165, 1.54) is 14.2 Å². The second kappa shape index (κ2) is 7.23. The Morgan fingerprint density at radius 2 is 1.64 bits per heavy atom. The molecule has 0 atom stereocenters. The van der Waals surface area contributed by atoms with Gasteiger partial charge in [-0.05, 0) is 31.0 Å². The number of nitrogens with zero attached hydrogens (tertiary/aromatic N) is 1. The van der Waals surface area contributed by atoms with E-state index in [4.69, 9.17) is 9.47 Å². The molecule has 0 radical (unpaired) electrons. The molecule has 1 aliphatic heterocycles. The van der Waals surface area contributed by atoms with Crippen LogP contribution in [0.15, 0.2) is 18.2 Å². The first kappa shape index (κ1) is 18.0. The number of hydrogen-bond acceptors (Lipinski definition) is 5. The van der Waals surface area contributed by atoms with Crippen LogP contribution in [0.25, 0.3) is 0 Å². The molecule has 1 amide bonds. The number of hydrogen-bond donors (Lipinski definition) is 0. The lowest BCUT2D eigenvalue weighted by atomic mass is 10.0. The molecule has 25 heavy (non-hydrogen) atoms. The monoisotopic (exact) mass is 367 g/mol. The lowest BCUT2D eigenvalue weighted by Crippen LogP contribution is -2.58. The molecule has 0 spiro atoms. The minimum absolute atomic E-state index is 0.170. The van der Waals surface area contributed by atoms with Crippen molar-refractivity contribution >= 4 is 15.7 Å². The van der Waals surface area contributed by atoms with Crippen LogP contribution in [-0.2, 0) is 9.84 Å². The van der Waals surface area contributed by atoms with Crippen molar-refractivity contribution in [1.29, 1.82) is 0 Å². The third-order valence-electron chi connectivity index (χ3n) is 5.25. The quantitative estimate of drug-likeness (QED) is 0.798. The summed E-state index contributed by atoms with van der Waals surface area (Å²) in [4.78, 5) is 14.2. The fraction of sp³-hybridized carbons (Fsp3) is 0.611. The van der Waals surface area contributed by atoms with Crippen LogP contribution in [-0.4, -0.2) is 57.0 Å². The molecule has 1 saturated heterocycles. The van der Waals surface area contributed by atoms with Crippen molar-refractivity contribution in [2.75, 3.05) is 27.3 Å². The van der Waals surface area contributed by atoms with E-state index >= 15 is 0 Å². The summed E-state index contributed by atoms with van der Waals surface area (Å²) in [6.45, 7) is 0.567. The molecule has 0 unspecified atom stereocenters. The van der Waals surface area contributed by atoms with Gasteiger partial charge in [0, 0.05) is 18.7 Å². The van der Waals surface area contributed by atoms with Crippen molar-refractivity contribution in [3.05, 3.63) is 23.8 Å². The number of likely N-dealkylation sites (tertiary alicyclic amines) is 1. The largest absolute Gasteiger partial charge is 0.493 e. The maximum atomic E-state index is 12.7. The summed E-state index contributed by atoms with van der Waals surface area (Å²) in [5.74, 6) is 0.872. The minimum Gasteiger partial charge on any atom is -0.493 e. The Labute approximate surface area is 149 Å². The highest BCUT2D eigenvalue weighted by atomic mass is 32.2. The number of methoxy groups -OCH3 is 2. The van der Waals surface area contributed by atoms with Gasteiger partial charge in [-0.25, -0.2) is 8.42 Å². The fourth-order valence-electron chi connectivity index (χ4n) is 3.63. The predicted octanol–water partition coefficient (Wildman–Crippen LogP) is 2.28. The van der Waals surface area contributed by atoms with Gasteiger partial charge in [0.25, 0.3) is 5.91 Å². The van der Waals surface area contributed by atoms with Gasteiger partial charge in [0.1, 0.15) is 0 Å². The Kier molecular flexibility index (Phi) is 5.22. The zero-order valence-electron chi connectivity index (χ0n) is 14.7. The molecule has 138 valence electrons. The van der Waals surface area contributed by atoms with E-state index in [0.29, 0.717) is 17.1 Å². The molecular formula is C18H25NO5S. The number of ether oxygens (including phenoxy) is 2. The highest BCUT2D eigenvalue weighted by Crippen LogP contribution is 2.32. The number of amides is 1. The molecular weight excluding hydrogens is 342 g/mol. The second-order valence-corrected chi connectivity index (χ2v) is 9.26. The average Bonchev–Trinajstić information content (AvgIpc) is 2.60. The zero-order valence-corrected chi connectivity index (χ0v) is 15.5. The first-order chi connectivity index (χ1) is 12.0. The predicted molar refractivity (Wildman–Crippen MR) is 95.0 cm³/mol. The molecule has 0 bridgehead atoms. The van der Waals surface area contributed by atoms with Gasteiger partial charge in [0.15, 0.2) is 21.3 Å². The van der Waals surface area contributed by atoms with Gasteiger partial charge in [0.05, 0.1) is 24.7 Å². The number of sulfone groups is 1. The van der Waals surface area contributed by atoms with Crippen molar-refractivity contribution in [2.45, 2.75) is 42.6 Å². The summed E-state index contributed by atoms with van der Waals surface area (Å²) < 4.78 is 35.8. The molecule has 7 heteroatoms. The van der Waals surface area contributed by atoms with Crippen LogP contribution in [0.2, 0.25) is 0 Å². The minimum atomic E-state index is -3.14. The zero-order chi connectivity index (χ0) is 18.0. The van der Waals surface area contributed by atoms with E-state index in [1.54, 1.807) is 23.1 Å². The molecule has 1 heterocycles. The molecule has 1 aliphatic carbocycles. The number of carbonyl (C=O) groups is 1. The first-order valence-electron chi connectivity index (χ1n) is 8.71. The van der Waals surface area contributed by atoms with Crippen molar-refractivity contribution in [2.24, 2.45) is 0 Å². The summed E-state index contributed by atoms with van der Waals surface area (Å²) >= 11 is 0. The summed E-state index contributed by atoms with van der Waals surface area (Å²) in [6.07, 6.45) is 4.64. The molecule has 1 aromatic carbocycles. The molecule has 6 nitrogen and oxygen atoms in total. The number of rotatable bonds is 5. The van der Waals surface area contributed by atoms with Gasteiger partial charge < -0.3 is 14.4 Å². The van der Waals surface area contributed by atoms with E-state index in [1.807, 2.05) is 0 Å². The van der Waals surface area contributed by atoms with Crippen molar-refractivity contribution in [3.63, 3.8) is 0 Å². The highest BCUT2D eigenvalue weighted by molar-refractivity contribution is 7.92. The van der Waals surface area contributed by atoms with Crippen molar-refractivity contribution < 1.29 is 22.7 Å². The number of benzene rings is 1. The summed E-state index contributed by atoms with van der Waals surface area (Å²) in [6, 6.07) is 4.99. The van der Waals surface area contributed by atoms with Crippen LogP contribution in [0.5, 0.6) is 11.5 Å². The topological polar surface area (TPSA) is 72.9 Å². The SMILES string of the molecule is COc1ccc(C(=O)N2CC(S(=O)(=O)C3CCCCC3)C2)cc1OC. The Morgan fingerprint density at radius 1 is 1.00 bits per heavy atom. The van der Waals surface area contributed by atoms with Gasteiger partial charge >= 0.3 is 0 Å². The first-order valence-corrected chi connectivity index (χ1v) is 10.3. The molecule has 2 aliphatic rings.